The summed E-state index contributed by atoms with van der Waals surface area (Å²) < 4.78 is 7.38. The minimum atomic E-state index is -0.0445. The quantitative estimate of drug-likeness (QED) is 0.893. The van der Waals surface area contributed by atoms with Gasteiger partial charge in [0.15, 0.2) is 6.61 Å². The highest BCUT2D eigenvalue weighted by molar-refractivity contribution is 5.92. The van der Waals surface area contributed by atoms with Gasteiger partial charge < -0.3 is 15.0 Å². The monoisotopic (exact) mass is 368 g/mol. The third-order valence-electron chi connectivity index (χ3n) is 5.24. The Morgan fingerprint density at radius 2 is 1.96 bits per heavy atom. The zero-order valence-corrected chi connectivity index (χ0v) is 15.3. The number of amides is 2. The summed E-state index contributed by atoms with van der Waals surface area (Å²) in [5.74, 6) is 0.962. The minimum Gasteiger partial charge on any atom is -0.484 e. The van der Waals surface area contributed by atoms with Crippen molar-refractivity contribution in [2.24, 2.45) is 0 Å². The minimum absolute atomic E-state index is 0.0114. The molecule has 2 aromatic rings. The fourth-order valence-corrected chi connectivity index (χ4v) is 3.69. The summed E-state index contributed by atoms with van der Waals surface area (Å²) in [5.41, 5.74) is 1.62. The molecular weight excluding hydrogens is 344 g/mol. The van der Waals surface area contributed by atoms with Crippen molar-refractivity contribution in [3.63, 3.8) is 0 Å². The Hall–Kier alpha value is -2.83. The normalized spacial score (nSPS) is 17.8. The first-order valence-electron chi connectivity index (χ1n) is 9.52. The van der Waals surface area contributed by atoms with Crippen LogP contribution in [0.15, 0.2) is 36.4 Å². The van der Waals surface area contributed by atoms with Crippen molar-refractivity contribution < 1.29 is 14.3 Å². The van der Waals surface area contributed by atoms with Crippen LogP contribution in [0.25, 0.3) is 0 Å². The first-order chi connectivity index (χ1) is 13.2. The molecule has 0 radical (unpaired) electrons. The summed E-state index contributed by atoms with van der Waals surface area (Å²) in [6.07, 6.45) is 2.61. The number of carbonyl (C=O) groups is 2. The van der Waals surface area contributed by atoms with Gasteiger partial charge in [0.25, 0.3) is 11.8 Å². The molecule has 1 saturated heterocycles. The van der Waals surface area contributed by atoms with Crippen LogP contribution in [0, 0.1) is 0 Å². The molecular formula is C20H24N4O3. The molecule has 3 heterocycles. The van der Waals surface area contributed by atoms with E-state index < -0.39 is 0 Å². The van der Waals surface area contributed by atoms with E-state index in [0.717, 1.165) is 31.5 Å². The Morgan fingerprint density at radius 3 is 2.74 bits per heavy atom. The summed E-state index contributed by atoms with van der Waals surface area (Å²) in [6.45, 7) is 2.91. The van der Waals surface area contributed by atoms with Gasteiger partial charge in [-0.15, -0.1) is 0 Å². The van der Waals surface area contributed by atoms with Crippen molar-refractivity contribution in [2.75, 3.05) is 26.2 Å². The Kier molecular flexibility index (Phi) is 5.09. The molecule has 27 heavy (non-hydrogen) atoms. The average molecular weight is 368 g/mol. The molecule has 142 valence electrons. The number of para-hydroxylation sites is 1. The number of hydrogen-bond donors (Lipinski definition) is 1. The molecule has 0 spiro atoms. The highest BCUT2D eigenvalue weighted by Crippen LogP contribution is 2.28. The van der Waals surface area contributed by atoms with Crippen LogP contribution in [0.3, 0.4) is 0 Å². The molecule has 2 aliphatic heterocycles. The van der Waals surface area contributed by atoms with Gasteiger partial charge in [0, 0.05) is 32.1 Å². The number of rotatable bonds is 4. The lowest BCUT2D eigenvalue weighted by atomic mass is 9.93. The number of nitrogens with one attached hydrogen (secondary N) is 1. The van der Waals surface area contributed by atoms with Gasteiger partial charge in [0.05, 0.1) is 5.69 Å². The zero-order chi connectivity index (χ0) is 18.6. The van der Waals surface area contributed by atoms with Crippen LogP contribution in [-0.2, 0) is 11.3 Å². The molecule has 1 aromatic carbocycles. The van der Waals surface area contributed by atoms with Crippen molar-refractivity contribution in [3.05, 3.63) is 47.8 Å². The van der Waals surface area contributed by atoms with Gasteiger partial charge in [-0.25, -0.2) is 0 Å². The van der Waals surface area contributed by atoms with E-state index in [-0.39, 0.29) is 24.3 Å². The number of aromatic nitrogens is 2. The number of aryl methyl sites for hydroxylation is 1. The number of nitrogens with zero attached hydrogens (tertiary/aromatic N) is 3. The fourth-order valence-electron chi connectivity index (χ4n) is 3.69. The van der Waals surface area contributed by atoms with E-state index in [1.807, 2.05) is 46.0 Å². The molecule has 7 heteroatoms. The lowest BCUT2D eigenvalue weighted by molar-refractivity contribution is -0.134. The molecule has 2 aliphatic rings. The second-order valence-corrected chi connectivity index (χ2v) is 7.04. The van der Waals surface area contributed by atoms with Crippen LogP contribution in [0.4, 0.5) is 0 Å². The molecule has 0 atom stereocenters. The molecule has 0 saturated carbocycles. The van der Waals surface area contributed by atoms with Gasteiger partial charge in [-0.2, -0.15) is 5.10 Å². The second kappa shape index (κ2) is 7.82. The Morgan fingerprint density at radius 1 is 1.19 bits per heavy atom. The second-order valence-electron chi connectivity index (χ2n) is 7.04. The molecule has 2 amide bonds. The van der Waals surface area contributed by atoms with E-state index in [1.54, 1.807) is 0 Å². The summed E-state index contributed by atoms with van der Waals surface area (Å²) in [4.78, 5) is 26.3. The van der Waals surface area contributed by atoms with Gasteiger partial charge in [-0.3, -0.25) is 14.3 Å². The van der Waals surface area contributed by atoms with Crippen molar-refractivity contribution in [1.82, 2.24) is 20.0 Å². The molecule has 4 rings (SSSR count). The first kappa shape index (κ1) is 17.6. The molecule has 0 bridgehead atoms. The Bertz CT molecular complexity index is 810. The highest BCUT2D eigenvalue weighted by atomic mass is 16.5. The molecule has 0 unspecified atom stereocenters. The van der Waals surface area contributed by atoms with Gasteiger partial charge in [0.2, 0.25) is 0 Å². The standard InChI is InChI=1S/C20H24N4O3/c25-19(14-27-16-5-2-1-3-6-16)23-11-7-15(8-12-23)17-13-18-20(26)21-9-4-10-24(18)22-17/h1-3,5-6,13,15H,4,7-12,14H2,(H,21,26). The average Bonchev–Trinajstić information content (AvgIpc) is 3.07. The summed E-state index contributed by atoms with van der Waals surface area (Å²) in [7, 11) is 0. The molecule has 1 aromatic heterocycles. The highest BCUT2D eigenvalue weighted by Gasteiger charge is 2.27. The number of ether oxygens (including phenoxy) is 1. The van der Waals surface area contributed by atoms with Crippen LogP contribution in [0.1, 0.15) is 41.4 Å². The van der Waals surface area contributed by atoms with Crippen LogP contribution >= 0.6 is 0 Å². The summed E-state index contributed by atoms with van der Waals surface area (Å²) in [5, 5.41) is 7.56. The van der Waals surface area contributed by atoms with Crippen LogP contribution < -0.4 is 10.1 Å². The molecule has 1 fully saturated rings. The van der Waals surface area contributed by atoms with Crippen LogP contribution in [-0.4, -0.2) is 52.7 Å². The van der Waals surface area contributed by atoms with E-state index in [9.17, 15) is 9.59 Å². The van der Waals surface area contributed by atoms with Crippen LogP contribution in [0.5, 0.6) is 5.75 Å². The van der Waals surface area contributed by atoms with Crippen molar-refractivity contribution in [1.29, 1.82) is 0 Å². The van der Waals surface area contributed by atoms with E-state index >= 15 is 0 Å². The number of likely N-dealkylation sites (tertiary alicyclic amines) is 1. The third-order valence-corrected chi connectivity index (χ3v) is 5.24. The van der Waals surface area contributed by atoms with E-state index in [0.29, 0.717) is 31.1 Å². The van der Waals surface area contributed by atoms with Crippen LogP contribution in [0.2, 0.25) is 0 Å². The van der Waals surface area contributed by atoms with Gasteiger partial charge in [-0.1, -0.05) is 18.2 Å². The number of piperidine rings is 1. The van der Waals surface area contributed by atoms with Gasteiger partial charge in [-0.05, 0) is 37.5 Å². The Balaban J connectivity index is 1.32. The maximum absolute atomic E-state index is 12.4. The number of fused-ring (bicyclic) bond motifs is 1. The van der Waals surface area contributed by atoms with Crippen molar-refractivity contribution in [2.45, 2.75) is 31.7 Å². The largest absolute Gasteiger partial charge is 0.484 e. The fraction of sp³-hybridized carbons (Fsp3) is 0.450. The van der Waals surface area contributed by atoms with E-state index in [2.05, 4.69) is 10.4 Å². The SMILES string of the molecule is O=C1NCCCn2nc(C3CCN(C(=O)COc4ccccc4)CC3)cc21. The number of benzene rings is 1. The van der Waals surface area contributed by atoms with Gasteiger partial charge >= 0.3 is 0 Å². The predicted octanol–water partition coefficient (Wildman–Crippen LogP) is 1.80. The molecule has 1 N–H and O–H groups in total. The Labute approximate surface area is 158 Å². The van der Waals surface area contributed by atoms with Gasteiger partial charge in [0.1, 0.15) is 11.4 Å². The summed E-state index contributed by atoms with van der Waals surface area (Å²) >= 11 is 0. The van der Waals surface area contributed by atoms with E-state index in [4.69, 9.17) is 4.74 Å². The third kappa shape index (κ3) is 3.97. The molecule has 0 aliphatic carbocycles. The van der Waals surface area contributed by atoms with E-state index in [1.165, 1.54) is 0 Å². The lowest BCUT2D eigenvalue weighted by Crippen LogP contribution is -2.40. The number of carbonyl (C=O) groups excluding carboxylic acids is 2. The van der Waals surface area contributed by atoms with Crippen molar-refractivity contribution >= 4 is 11.8 Å². The predicted molar refractivity (Wildman–Crippen MR) is 99.7 cm³/mol. The molecule has 7 nitrogen and oxygen atoms in total. The first-order valence-corrected chi connectivity index (χ1v) is 9.52. The smallest absolute Gasteiger partial charge is 0.269 e. The summed E-state index contributed by atoms with van der Waals surface area (Å²) in [6, 6.07) is 11.3. The maximum atomic E-state index is 12.4. The topological polar surface area (TPSA) is 76.5 Å². The lowest BCUT2D eigenvalue weighted by Gasteiger charge is -2.31. The van der Waals surface area contributed by atoms with Crippen molar-refractivity contribution in [3.8, 4) is 5.75 Å². The zero-order valence-electron chi connectivity index (χ0n) is 15.3. The maximum Gasteiger partial charge on any atom is 0.269 e. The number of hydrogen-bond acceptors (Lipinski definition) is 4.